The first kappa shape index (κ1) is 9.79. The van der Waals surface area contributed by atoms with Crippen LogP contribution < -0.4 is 5.73 Å². The van der Waals surface area contributed by atoms with E-state index in [1.54, 1.807) is 5.57 Å². The second-order valence-corrected chi connectivity index (χ2v) is 3.84. The molecular weight excluding hydrogens is 146 g/mol. The van der Waals surface area contributed by atoms with E-state index in [9.17, 15) is 0 Å². The molecule has 0 aromatic rings. The van der Waals surface area contributed by atoms with Gasteiger partial charge in [-0.25, -0.2) is 0 Å². The smallest absolute Gasteiger partial charge is 0.0226 e. The average Bonchev–Trinajstić information content (AvgIpc) is 2.26. The van der Waals surface area contributed by atoms with Crippen molar-refractivity contribution in [2.75, 3.05) is 0 Å². The van der Waals surface area contributed by atoms with Crippen LogP contribution in [0, 0.1) is 0 Å². The van der Waals surface area contributed by atoms with Crippen LogP contribution >= 0.6 is 0 Å². The molecular formula is C11H21N. The van der Waals surface area contributed by atoms with Crippen LogP contribution in [0.4, 0.5) is 0 Å². The summed E-state index contributed by atoms with van der Waals surface area (Å²) in [6.45, 7) is 2.25. The van der Waals surface area contributed by atoms with Crippen LogP contribution in [0.3, 0.4) is 0 Å². The molecule has 0 saturated heterocycles. The van der Waals surface area contributed by atoms with Gasteiger partial charge < -0.3 is 5.73 Å². The third kappa shape index (κ3) is 3.40. The van der Waals surface area contributed by atoms with Gasteiger partial charge in [0.1, 0.15) is 0 Å². The fourth-order valence-electron chi connectivity index (χ4n) is 1.81. The van der Waals surface area contributed by atoms with E-state index in [0.29, 0.717) is 6.04 Å². The van der Waals surface area contributed by atoms with E-state index >= 15 is 0 Å². The largest absolute Gasteiger partial charge is 0.324 e. The summed E-state index contributed by atoms with van der Waals surface area (Å²) in [5, 5.41) is 0. The van der Waals surface area contributed by atoms with Gasteiger partial charge in [0.15, 0.2) is 0 Å². The number of rotatable bonds is 3. The Bertz CT molecular complexity index is 149. The summed E-state index contributed by atoms with van der Waals surface area (Å²) in [5.41, 5.74) is 7.53. The summed E-state index contributed by atoms with van der Waals surface area (Å²) >= 11 is 0. The van der Waals surface area contributed by atoms with Gasteiger partial charge in [-0.05, 0) is 32.1 Å². The maximum atomic E-state index is 5.92. The summed E-state index contributed by atoms with van der Waals surface area (Å²) in [6.07, 6.45) is 11.4. The second kappa shape index (κ2) is 5.36. The topological polar surface area (TPSA) is 26.0 Å². The zero-order valence-corrected chi connectivity index (χ0v) is 8.18. The molecule has 1 nitrogen and oxygen atoms in total. The van der Waals surface area contributed by atoms with E-state index in [2.05, 4.69) is 13.0 Å². The fraction of sp³-hybridized carbons (Fsp3) is 0.818. The van der Waals surface area contributed by atoms with Crippen LogP contribution in [0.1, 0.15) is 51.9 Å². The first-order valence-corrected chi connectivity index (χ1v) is 5.28. The lowest BCUT2D eigenvalue weighted by Crippen LogP contribution is -2.15. The Morgan fingerprint density at radius 1 is 1.50 bits per heavy atom. The van der Waals surface area contributed by atoms with Gasteiger partial charge in [0.2, 0.25) is 0 Å². The predicted octanol–water partition coefficient (Wildman–Crippen LogP) is 3.00. The lowest BCUT2D eigenvalue weighted by molar-refractivity contribution is 0.651. The van der Waals surface area contributed by atoms with E-state index in [-0.39, 0.29) is 0 Å². The molecule has 2 N–H and O–H groups in total. The number of hydrogen-bond acceptors (Lipinski definition) is 1. The average molecular weight is 167 g/mol. The lowest BCUT2D eigenvalue weighted by atomic mass is 10.0. The van der Waals surface area contributed by atoms with Crippen molar-refractivity contribution in [2.45, 2.75) is 57.9 Å². The molecule has 70 valence electrons. The highest BCUT2D eigenvalue weighted by Crippen LogP contribution is 2.20. The molecule has 0 heterocycles. The number of unbranched alkanes of at least 4 members (excludes halogenated alkanes) is 1. The van der Waals surface area contributed by atoms with Gasteiger partial charge in [-0.1, -0.05) is 31.4 Å². The first-order valence-electron chi connectivity index (χ1n) is 5.28. The van der Waals surface area contributed by atoms with Crippen LogP contribution in [0.2, 0.25) is 0 Å². The molecule has 1 unspecified atom stereocenters. The molecule has 0 fully saturated rings. The Hall–Kier alpha value is -0.300. The van der Waals surface area contributed by atoms with Crippen molar-refractivity contribution in [3.63, 3.8) is 0 Å². The van der Waals surface area contributed by atoms with Crippen LogP contribution in [0.15, 0.2) is 11.6 Å². The third-order valence-corrected chi connectivity index (χ3v) is 2.59. The lowest BCUT2D eigenvalue weighted by Gasteiger charge is -2.05. The Balaban J connectivity index is 2.37. The second-order valence-electron chi connectivity index (χ2n) is 3.84. The van der Waals surface area contributed by atoms with Gasteiger partial charge in [-0.2, -0.15) is 0 Å². The molecule has 1 aliphatic carbocycles. The van der Waals surface area contributed by atoms with Crippen LogP contribution in [0.5, 0.6) is 0 Å². The molecule has 0 bridgehead atoms. The van der Waals surface area contributed by atoms with Crippen molar-refractivity contribution in [1.82, 2.24) is 0 Å². The Morgan fingerprint density at radius 2 is 2.33 bits per heavy atom. The molecule has 0 aromatic heterocycles. The van der Waals surface area contributed by atoms with Crippen molar-refractivity contribution in [3.8, 4) is 0 Å². The van der Waals surface area contributed by atoms with Gasteiger partial charge in [0, 0.05) is 6.04 Å². The van der Waals surface area contributed by atoms with Crippen molar-refractivity contribution in [1.29, 1.82) is 0 Å². The van der Waals surface area contributed by atoms with Crippen molar-refractivity contribution >= 4 is 0 Å². The maximum absolute atomic E-state index is 5.92. The molecule has 12 heavy (non-hydrogen) atoms. The predicted molar refractivity (Wildman–Crippen MR) is 54.1 cm³/mol. The van der Waals surface area contributed by atoms with Gasteiger partial charge in [0.05, 0.1) is 0 Å². The summed E-state index contributed by atoms with van der Waals surface area (Å²) in [4.78, 5) is 0. The van der Waals surface area contributed by atoms with Gasteiger partial charge in [0.25, 0.3) is 0 Å². The summed E-state index contributed by atoms with van der Waals surface area (Å²) in [7, 11) is 0. The molecule has 0 aromatic carbocycles. The first-order chi connectivity index (χ1) is 5.83. The molecule has 0 saturated carbocycles. The monoisotopic (exact) mass is 167 g/mol. The van der Waals surface area contributed by atoms with E-state index in [1.807, 2.05) is 0 Å². The maximum Gasteiger partial charge on any atom is 0.0226 e. The highest BCUT2D eigenvalue weighted by molar-refractivity contribution is 5.08. The molecule has 1 rings (SSSR count). The van der Waals surface area contributed by atoms with E-state index in [1.165, 1.54) is 44.9 Å². The van der Waals surface area contributed by atoms with Crippen molar-refractivity contribution in [3.05, 3.63) is 11.6 Å². The van der Waals surface area contributed by atoms with Crippen LogP contribution in [0.25, 0.3) is 0 Å². The quantitative estimate of drug-likeness (QED) is 0.642. The standard InChI is InChI=1S/C11H21N/c1-2-3-6-10-7-4-5-8-11(12)9-10/h9,11H,2-8,12H2,1H3. The van der Waals surface area contributed by atoms with Gasteiger partial charge >= 0.3 is 0 Å². The Kier molecular flexibility index (Phi) is 4.37. The van der Waals surface area contributed by atoms with Gasteiger partial charge in [-0.3, -0.25) is 0 Å². The molecule has 1 heteroatoms. The van der Waals surface area contributed by atoms with Crippen LogP contribution in [-0.4, -0.2) is 6.04 Å². The summed E-state index contributed by atoms with van der Waals surface area (Å²) in [6, 6.07) is 0.347. The highest BCUT2D eigenvalue weighted by atomic mass is 14.6. The van der Waals surface area contributed by atoms with Crippen molar-refractivity contribution < 1.29 is 0 Å². The minimum absolute atomic E-state index is 0.347. The minimum atomic E-state index is 0.347. The van der Waals surface area contributed by atoms with E-state index in [0.717, 1.165) is 0 Å². The normalized spacial score (nSPS) is 24.8. The zero-order chi connectivity index (χ0) is 8.81. The summed E-state index contributed by atoms with van der Waals surface area (Å²) < 4.78 is 0. The minimum Gasteiger partial charge on any atom is -0.324 e. The number of allylic oxidation sites excluding steroid dienone is 1. The summed E-state index contributed by atoms with van der Waals surface area (Å²) in [5.74, 6) is 0. The SMILES string of the molecule is CCCCC1=CC(N)CCCC1. The van der Waals surface area contributed by atoms with Crippen molar-refractivity contribution in [2.24, 2.45) is 5.73 Å². The number of nitrogens with two attached hydrogens (primary N) is 1. The molecule has 0 spiro atoms. The fourth-order valence-corrected chi connectivity index (χ4v) is 1.81. The molecule has 1 atom stereocenters. The zero-order valence-electron chi connectivity index (χ0n) is 8.18. The molecule has 0 radical (unpaired) electrons. The third-order valence-electron chi connectivity index (χ3n) is 2.59. The van der Waals surface area contributed by atoms with Crippen LogP contribution in [-0.2, 0) is 0 Å². The highest BCUT2D eigenvalue weighted by Gasteiger charge is 2.07. The molecule has 0 amide bonds. The van der Waals surface area contributed by atoms with Gasteiger partial charge in [-0.15, -0.1) is 0 Å². The molecule has 1 aliphatic rings. The Morgan fingerprint density at radius 3 is 3.08 bits per heavy atom. The molecule has 0 aliphatic heterocycles. The Labute approximate surface area is 76.0 Å². The van der Waals surface area contributed by atoms with E-state index in [4.69, 9.17) is 5.73 Å². The van der Waals surface area contributed by atoms with E-state index < -0.39 is 0 Å². The number of hydrogen-bond donors (Lipinski definition) is 1.